The van der Waals surface area contributed by atoms with E-state index < -0.39 is 0 Å². The van der Waals surface area contributed by atoms with Gasteiger partial charge in [0, 0.05) is 24.7 Å². The maximum Gasteiger partial charge on any atom is 0.312 e. The standard InChI is InChI=1S/C20H17NO3/c1-12-10-17-19(20(23)21(12)2)16(11-18(22)24-17)15-9-5-7-13-6-3-4-8-14(13)15/h3-10,16H,11H2,1-2H3. The Balaban J connectivity index is 2.02. The summed E-state index contributed by atoms with van der Waals surface area (Å²) in [6.07, 6.45) is 0.180. The topological polar surface area (TPSA) is 48.3 Å². The van der Waals surface area contributed by atoms with Crippen LogP contribution in [-0.4, -0.2) is 10.5 Å². The van der Waals surface area contributed by atoms with Gasteiger partial charge in [0.15, 0.2) is 0 Å². The van der Waals surface area contributed by atoms with Gasteiger partial charge in [-0.3, -0.25) is 9.59 Å². The number of nitrogens with zero attached hydrogens (tertiary/aromatic N) is 1. The van der Waals surface area contributed by atoms with Crippen LogP contribution in [0.1, 0.15) is 29.2 Å². The van der Waals surface area contributed by atoms with Crippen molar-refractivity contribution in [3.63, 3.8) is 0 Å². The monoisotopic (exact) mass is 319 g/mol. The Bertz CT molecular complexity index is 1030. The molecule has 3 aromatic rings. The number of pyridine rings is 1. The highest BCUT2D eigenvalue weighted by Gasteiger charge is 2.32. The van der Waals surface area contributed by atoms with Crippen molar-refractivity contribution in [2.45, 2.75) is 19.3 Å². The van der Waals surface area contributed by atoms with Crippen LogP contribution in [0.25, 0.3) is 10.8 Å². The Morgan fingerprint density at radius 2 is 1.83 bits per heavy atom. The van der Waals surface area contributed by atoms with E-state index in [1.54, 1.807) is 17.7 Å². The second-order valence-electron chi connectivity index (χ2n) is 6.23. The van der Waals surface area contributed by atoms with Gasteiger partial charge in [0.25, 0.3) is 5.56 Å². The molecular weight excluding hydrogens is 302 g/mol. The molecule has 0 amide bonds. The first-order chi connectivity index (χ1) is 11.6. The van der Waals surface area contributed by atoms with Crippen molar-refractivity contribution >= 4 is 16.7 Å². The quantitative estimate of drug-likeness (QED) is 0.647. The van der Waals surface area contributed by atoms with Crippen LogP contribution in [0.4, 0.5) is 0 Å². The predicted octanol–water partition coefficient (Wildman–Crippen LogP) is 3.29. The van der Waals surface area contributed by atoms with Crippen LogP contribution in [0.5, 0.6) is 5.75 Å². The van der Waals surface area contributed by atoms with Gasteiger partial charge in [0.2, 0.25) is 0 Å². The number of aryl methyl sites for hydroxylation is 1. The summed E-state index contributed by atoms with van der Waals surface area (Å²) < 4.78 is 6.97. The van der Waals surface area contributed by atoms with Crippen molar-refractivity contribution in [2.75, 3.05) is 0 Å². The van der Waals surface area contributed by atoms with Gasteiger partial charge in [-0.15, -0.1) is 0 Å². The fourth-order valence-electron chi connectivity index (χ4n) is 3.47. The molecule has 24 heavy (non-hydrogen) atoms. The lowest BCUT2D eigenvalue weighted by molar-refractivity contribution is -0.135. The predicted molar refractivity (Wildman–Crippen MR) is 92.5 cm³/mol. The molecule has 4 nitrogen and oxygen atoms in total. The van der Waals surface area contributed by atoms with Crippen molar-refractivity contribution in [3.8, 4) is 5.75 Å². The summed E-state index contributed by atoms with van der Waals surface area (Å²) >= 11 is 0. The van der Waals surface area contributed by atoms with Crippen LogP contribution in [0.2, 0.25) is 0 Å². The summed E-state index contributed by atoms with van der Waals surface area (Å²) in [7, 11) is 1.74. The lowest BCUT2D eigenvalue weighted by atomic mass is 9.84. The molecule has 2 heterocycles. The number of fused-ring (bicyclic) bond motifs is 2. The molecule has 2 aromatic carbocycles. The smallest absolute Gasteiger partial charge is 0.312 e. The van der Waals surface area contributed by atoms with Crippen molar-refractivity contribution in [3.05, 3.63) is 75.7 Å². The zero-order valence-electron chi connectivity index (χ0n) is 13.6. The molecule has 4 heteroatoms. The zero-order valence-corrected chi connectivity index (χ0v) is 13.6. The highest BCUT2D eigenvalue weighted by molar-refractivity contribution is 5.88. The van der Waals surface area contributed by atoms with Gasteiger partial charge < -0.3 is 9.30 Å². The number of carbonyl (C=O) groups is 1. The number of esters is 1. The summed E-state index contributed by atoms with van der Waals surface area (Å²) in [5, 5.41) is 2.16. The number of rotatable bonds is 1. The summed E-state index contributed by atoms with van der Waals surface area (Å²) in [6.45, 7) is 1.83. The van der Waals surface area contributed by atoms with Crippen LogP contribution in [-0.2, 0) is 11.8 Å². The third-order valence-corrected chi connectivity index (χ3v) is 4.81. The van der Waals surface area contributed by atoms with E-state index in [0.717, 1.165) is 22.0 Å². The Kier molecular flexibility index (Phi) is 3.27. The number of benzene rings is 2. The van der Waals surface area contributed by atoms with E-state index in [-0.39, 0.29) is 23.9 Å². The molecule has 0 saturated heterocycles. The molecule has 0 radical (unpaired) electrons. The van der Waals surface area contributed by atoms with Crippen LogP contribution in [0.15, 0.2) is 53.3 Å². The number of ether oxygens (including phenoxy) is 1. The maximum atomic E-state index is 12.8. The summed E-state index contributed by atoms with van der Waals surface area (Å²) in [6, 6.07) is 15.8. The summed E-state index contributed by atoms with van der Waals surface area (Å²) in [4.78, 5) is 25.0. The van der Waals surface area contributed by atoms with Crippen molar-refractivity contribution in [1.29, 1.82) is 0 Å². The third kappa shape index (κ3) is 2.14. The molecule has 0 fully saturated rings. The largest absolute Gasteiger partial charge is 0.426 e. The first-order valence-corrected chi connectivity index (χ1v) is 7.95. The first-order valence-electron chi connectivity index (χ1n) is 7.95. The highest BCUT2D eigenvalue weighted by Crippen LogP contribution is 2.39. The van der Waals surface area contributed by atoms with Gasteiger partial charge >= 0.3 is 5.97 Å². The van der Waals surface area contributed by atoms with Crippen LogP contribution >= 0.6 is 0 Å². The number of carbonyl (C=O) groups excluding carboxylic acids is 1. The van der Waals surface area contributed by atoms with E-state index in [1.807, 2.05) is 49.4 Å². The fraction of sp³-hybridized carbons (Fsp3) is 0.200. The van der Waals surface area contributed by atoms with Crippen molar-refractivity contribution in [1.82, 2.24) is 4.57 Å². The second-order valence-corrected chi connectivity index (χ2v) is 6.23. The van der Waals surface area contributed by atoms with Gasteiger partial charge in [-0.1, -0.05) is 42.5 Å². The molecule has 0 N–H and O–H groups in total. The average Bonchev–Trinajstić information content (AvgIpc) is 2.58. The zero-order chi connectivity index (χ0) is 16.8. The van der Waals surface area contributed by atoms with Gasteiger partial charge in [-0.25, -0.2) is 0 Å². The highest BCUT2D eigenvalue weighted by atomic mass is 16.5. The Morgan fingerprint density at radius 3 is 2.67 bits per heavy atom. The lowest BCUT2D eigenvalue weighted by Crippen LogP contribution is -2.32. The normalized spacial score (nSPS) is 16.8. The fourth-order valence-corrected chi connectivity index (χ4v) is 3.47. The molecule has 0 bridgehead atoms. The third-order valence-electron chi connectivity index (χ3n) is 4.81. The Morgan fingerprint density at radius 1 is 1.08 bits per heavy atom. The first kappa shape index (κ1) is 14.7. The maximum absolute atomic E-state index is 12.8. The Hall–Kier alpha value is -2.88. The van der Waals surface area contributed by atoms with E-state index in [1.165, 1.54) is 0 Å². The summed E-state index contributed by atoms with van der Waals surface area (Å²) in [5.74, 6) is -0.190. The SMILES string of the molecule is Cc1cc2c(c(=O)n1C)C(c1cccc3ccccc13)CC(=O)O2. The van der Waals surface area contributed by atoms with E-state index in [0.29, 0.717) is 11.3 Å². The molecule has 1 aliphatic rings. The van der Waals surface area contributed by atoms with Crippen LogP contribution < -0.4 is 10.3 Å². The average molecular weight is 319 g/mol. The molecule has 1 aromatic heterocycles. The van der Waals surface area contributed by atoms with Crippen molar-refractivity contribution in [2.24, 2.45) is 7.05 Å². The van der Waals surface area contributed by atoms with Gasteiger partial charge in [-0.2, -0.15) is 0 Å². The Labute approximate surface area is 139 Å². The van der Waals surface area contributed by atoms with Gasteiger partial charge in [-0.05, 0) is 23.3 Å². The summed E-state index contributed by atoms with van der Waals surface area (Å²) in [5.41, 5.74) is 2.23. The molecular formula is C20H17NO3. The lowest BCUT2D eigenvalue weighted by Gasteiger charge is -2.26. The number of hydrogen-bond acceptors (Lipinski definition) is 3. The van der Waals surface area contributed by atoms with E-state index in [9.17, 15) is 9.59 Å². The van der Waals surface area contributed by atoms with Crippen LogP contribution in [0, 0.1) is 6.92 Å². The van der Waals surface area contributed by atoms with Gasteiger partial charge in [0.05, 0.1) is 12.0 Å². The second kappa shape index (κ2) is 5.34. The molecule has 1 atom stereocenters. The number of aromatic nitrogens is 1. The van der Waals surface area contributed by atoms with E-state index in [2.05, 4.69) is 0 Å². The molecule has 1 unspecified atom stereocenters. The minimum atomic E-state index is -0.298. The molecule has 120 valence electrons. The van der Waals surface area contributed by atoms with Crippen LogP contribution in [0.3, 0.4) is 0 Å². The molecule has 4 rings (SSSR count). The molecule has 0 spiro atoms. The number of hydrogen-bond donors (Lipinski definition) is 0. The van der Waals surface area contributed by atoms with E-state index in [4.69, 9.17) is 4.74 Å². The molecule has 0 aliphatic carbocycles. The van der Waals surface area contributed by atoms with Crippen molar-refractivity contribution < 1.29 is 9.53 Å². The van der Waals surface area contributed by atoms with E-state index >= 15 is 0 Å². The van der Waals surface area contributed by atoms with Gasteiger partial charge in [0.1, 0.15) is 5.75 Å². The minimum absolute atomic E-state index is 0.101. The molecule has 1 aliphatic heterocycles. The molecule has 0 saturated carbocycles. The minimum Gasteiger partial charge on any atom is -0.426 e.